The molecular formula is C18H20N4O3. The van der Waals surface area contributed by atoms with Gasteiger partial charge in [0.15, 0.2) is 11.5 Å². The molecule has 0 spiro atoms. The van der Waals surface area contributed by atoms with Gasteiger partial charge in [0.1, 0.15) is 0 Å². The molecule has 1 fully saturated rings. The van der Waals surface area contributed by atoms with E-state index >= 15 is 0 Å². The van der Waals surface area contributed by atoms with E-state index in [-0.39, 0.29) is 17.9 Å². The SMILES string of the molecule is COC(=O)c1ccc(Nc2ccc(C(=O)NC3CCCC3)nn2)cc1. The molecule has 25 heavy (non-hydrogen) atoms. The number of benzene rings is 1. The van der Waals surface area contributed by atoms with Gasteiger partial charge < -0.3 is 15.4 Å². The van der Waals surface area contributed by atoms with E-state index < -0.39 is 0 Å². The fraction of sp³-hybridized carbons (Fsp3) is 0.333. The van der Waals surface area contributed by atoms with Gasteiger partial charge in [-0.1, -0.05) is 12.8 Å². The highest BCUT2D eigenvalue weighted by molar-refractivity contribution is 5.92. The number of nitrogens with one attached hydrogen (secondary N) is 2. The number of aromatic nitrogens is 2. The van der Waals surface area contributed by atoms with Gasteiger partial charge in [0.05, 0.1) is 12.7 Å². The smallest absolute Gasteiger partial charge is 0.337 e. The van der Waals surface area contributed by atoms with Crippen LogP contribution in [0.3, 0.4) is 0 Å². The number of carbonyl (C=O) groups is 2. The summed E-state index contributed by atoms with van der Waals surface area (Å²) in [5, 5.41) is 14.1. The number of nitrogens with zero attached hydrogens (tertiary/aromatic N) is 2. The van der Waals surface area contributed by atoms with Crippen LogP contribution in [0.5, 0.6) is 0 Å². The van der Waals surface area contributed by atoms with Crippen LogP contribution in [0, 0.1) is 0 Å². The summed E-state index contributed by atoms with van der Waals surface area (Å²) in [6.45, 7) is 0. The second kappa shape index (κ2) is 7.74. The normalized spacial score (nSPS) is 14.1. The third-order valence-corrected chi connectivity index (χ3v) is 4.17. The van der Waals surface area contributed by atoms with Crippen LogP contribution < -0.4 is 10.6 Å². The van der Waals surface area contributed by atoms with Crippen molar-refractivity contribution >= 4 is 23.4 Å². The summed E-state index contributed by atoms with van der Waals surface area (Å²) in [5.41, 5.74) is 1.53. The molecule has 1 aromatic carbocycles. The van der Waals surface area contributed by atoms with Crippen LogP contribution in [-0.4, -0.2) is 35.2 Å². The summed E-state index contributed by atoms with van der Waals surface area (Å²) in [6.07, 6.45) is 4.38. The lowest BCUT2D eigenvalue weighted by atomic mass is 10.2. The zero-order valence-corrected chi connectivity index (χ0v) is 14.0. The Hall–Kier alpha value is -2.96. The molecule has 1 aliphatic carbocycles. The van der Waals surface area contributed by atoms with Crippen LogP contribution in [0.15, 0.2) is 36.4 Å². The molecular weight excluding hydrogens is 320 g/mol. The van der Waals surface area contributed by atoms with Crippen LogP contribution in [0.1, 0.15) is 46.5 Å². The molecule has 2 N–H and O–H groups in total. The maximum absolute atomic E-state index is 12.1. The third-order valence-electron chi connectivity index (χ3n) is 4.17. The Morgan fingerprint density at radius 2 is 1.76 bits per heavy atom. The minimum absolute atomic E-state index is 0.187. The lowest BCUT2D eigenvalue weighted by molar-refractivity contribution is 0.0600. The number of methoxy groups -OCH3 is 1. The van der Waals surface area contributed by atoms with Crippen molar-refractivity contribution < 1.29 is 14.3 Å². The fourth-order valence-corrected chi connectivity index (χ4v) is 2.80. The summed E-state index contributed by atoms with van der Waals surface area (Å²) in [7, 11) is 1.34. The van der Waals surface area contributed by atoms with Crippen molar-refractivity contribution in [3.8, 4) is 0 Å². The Labute approximate surface area is 145 Å². The van der Waals surface area contributed by atoms with Crippen molar-refractivity contribution in [2.45, 2.75) is 31.7 Å². The van der Waals surface area contributed by atoms with Gasteiger partial charge in [0, 0.05) is 11.7 Å². The Bertz CT molecular complexity index is 738. The Balaban J connectivity index is 1.60. The number of carbonyl (C=O) groups excluding carboxylic acids is 2. The van der Waals surface area contributed by atoms with E-state index in [1.54, 1.807) is 36.4 Å². The highest BCUT2D eigenvalue weighted by Crippen LogP contribution is 2.18. The van der Waals surface area contributed by atoms with E-state index in [9.17, 15) is 9.59 Å². The van der Waals surface area contributed by atoms with Crippen molar-refractivity contribution in [1.82, 2.24) is 15.5 Å². The number of hydrogen-bond donors (Lipinski definition) is 2. The van der Waals surface area contributed by atoms with Crippen molar-refractivity contribution in [3.05, 3.63) is 47.7 Å². The van der Waals surface area contributed by atoms with Gasteiger partial charge in [-0.2, -0.15) is 0 Å². The predicted molar refractivity (Wildman–Crippen MR) is 92.8 cm³/mol. The summed E-state index contributed by atoms with van der Waals surface area (Å²) < 4.78 is 4.66. The first kappa shape index (κ1) is 16.9. The van der Waals surface area contributed by atoms with E-state index in [0.717, 1.165) is 31.4 Å². The molecule has 3 rings (SSSR count). The number of rotatable bonds is 5. The van der Waals surface area contributed by atoms with E-state index in [2.05, 4.69) is 25.6 Å². The number of esters is 1. The molecule has 1 aliphatic rings. The van der Waals surface area contributed by atoms with Crippen LogP contribution in [0.4, 0.5) is 11.5 Å². The first-order valence-corrected chi connectivity index (χ1v) is 8.26. The predicted octanol–water partition coefficient (Wildman–Crippen LogP) is 2.68. The first-order valence-electron chi connectivity index (χ1n) is 8.26. The molecule has 0 aliphatic heterocycles. The zero-order valence-electron chi connectivity index (χ0n) is 14.0. The molecule has 1 saturated carbocycles. The third kappa shape index (κ3) is 4.32. The molecule has 0 atom stereocenters. The summed E-state index contributed by atoms with van der Waals surface area (Å²) in [6, 6.07) is 10.4. The van der Waals surface area contributed by atoms with E-state index in [0.29, 0.717) is 17.1 Å². The molecule has 1 aromatic heterocycles. The van der Waals surface area contributed by atoms with Crippen molar-refractivity contribution in [3.63, 3.8) is 0 Å². The summed E-state index contributed by atoms with van der Waals surface area (Å²) in [5.74, 6) is -0.0550. The van der Waals surface area contributed by atoms with Gasteiger partial charge in [0.2, 0.25) is 0 Å². The molecule has 7 nitrogen and oxygen atoms in total. The molecule has 0 bridgehead atoms. The van der Waals surface area contributed by atoms with Gasteiger partial charge in [-0.05, 0) is 49.2 Å². The highest BCUT2D eigenvalue weighted by Gasteiger charge is 2.18. The van der Waals surface area contributed by atoms with E-state index in [1.807, 2.05) is 0 Å². The number of ether oxygens (including phenoxy) is 1. The van der Waals surface area contributed by atoms with Gasteiger partial charge in [0.25, 0.3) is 5.91 Å². The van der Waals surface area contributed by atoms with Gasteiger partial charge in [-0.25, -0.2) is 4.79 Å². The molecule has 7 heteroatoms. The molecule has 0 radical (unpaired) electrons. The van der Waals surface area contributed by atoms with E-state index in [4.69, 9.17) is 0 Å². The largest absolute Gasteiger partial charge is 0.465 e. The monoisotopic (exact) mass is 340 g/mol. The molecule has 1 amide bonds. The average Bonchev–Trinajstić information content (AvgIpc) is 3.15. The van der Waals surface area contributed by atoms with Gasteiger partial charge in [-0.3, -0.25) is 4.79 Å². The topological polar surface area (TPSA) is 93.2 Å². The van der Waals surface area contributed by atoms with Crippen LogP contribution in [0.2, 0.25) is 0 Å². The Morgan fingerprint density at radius 1 is 1.04 bits per heavy atom. The van der Waals surface area contributed by atoms with Crippen LogP contribution in [-0.2, 0) is 4.74 Å². The standard InChI is InChI=1S/C18H20N4O3/c1-25-18(24)12-6-8-14(9-7-12)19-16-11-10-15(21-22-16)17(23)20-13-4-2-3-5-13/h6-11,13H,2-5H2,1H3,(H,19,22)(H,20,23). The molecule has 1 heterocycles. The van der Waals surface area contributed by atoms with Crippen LogP contribution in [0.25, 0.3) is 0 Å². The Morgan fingerprint density at radius 3 is 2.36 bits per heavy atom. The maximum Gasteiger partial charge on any atom is 0.337 e. The van der Waals surface area contributed by atoms with Gasteiger partial charge >= 0.3 is 5.97 Å². The molecule has 0 unspecified atom stereocenters. The maximum atomic E-state index is 12.1. The van der Waals surface area contributed by atoms with E-state index in [1.165, 1.54) is 7.11 Å². The summed E-state index contributed by atoms with van der Waals surface area (Å²) >= 11 is 0. The highest BCUT2D eigenvalue weighted by atomic mass is 16.5. The zero-order chi connectivity index (χ0) is 17.6. The lowest BCUT2D eigenvalue weighted by Gasteiger charge is -2.11. The molecule has 130 valence electrons. The van der Waals surface area contributed by atoms with Crippen molar-refractivity contribution in [2.24, 2.45) is 0 Å². The molecule has 2 aromatic rings. The number of hydrogen-bond acceptors (Lipinski definition) is 6. The lowest BCUT2D eigenvalue weighted by Crippen LogP contribution is -2.33. The minimum atomic E-state index is -0.385. The molecule has 0 saturated heterocycles. The minimum Gasteiger partial charge on any atom is -0.465 e. The van der Waals surface area contributed by atoms with Crippen molar-refractivity contribution in [1.29, 1.82) is 0 Å². The number of anilines is 2. The Kier molecular flexibility index (Phi) is 5.23. The first-order chi connectivity index (χ1) is 12.2. The van der Waals surface area contributed by atoms with Crippen molar-refractivity contribution in [2.75, 3.05) is 12.4 Å². The second-order valence-electron chi connectivity index (χ2n) is 5.95. The fourth-order valence-electron chi connectivity index (χ4n) is 2.80. The number of amides is 1. The average molecular weight is 340 g/mol. The summed E-state index contributed by atoms with van der Waals surface area (Å²) in [4.78, 5) is 23.5. The van der Waals surface area contributed by atoms with Gasteiger partial charge in [-0.15, -0.1) is 10.2 Å². The second-order valence-corrected chi connectivity index (χ2v) is 5.95. The van der Waals surface area contributed by atoms with Crippen LogP contribution >= 0.6 is 0 Å². The quantitative estimate of drug-likeness (QED) is 0.813.